The maximum Gasteiger partial charge on any atom is 0.227 e. The second-order valence-corrected chi connectivity index (χ2v) is 6.28. The first-order valence-electron chi connectivity index (χ1n) is 6.52. The van der Waals surface area contributed by atoms with Gasteiger partial charge in [-0.2, -0.15) is 0 Å². The van der Waals surface area contributed by atoms with Crippen molar-refractivity contribution >= 4 is 22.4 Å². The lowest BCUT2D eigenvalue weighted by Gasteiger charge is -2.20. The molecule has 1 aromatic rings. The second-order valence-electron chi connectivity index (χ2n) is 5.16. The molecule has 1 heterocycles. The Morgan fingerprint density at radius 1 is 1.50 bits per heavy atom. The van der Waals surface area contributed by atoms with Crippen LogP contribution in [0.25, 0.3) is 0 Å². The number of nitrogens with zero attached hydrogens (tertiary/aromatic N) is 2. The van der Waals surface area contributed by atoms with Crippen LogP contribution in [0.5, 0.6) is 0 Å². The molecule has 2 N–H and O–H groups in total. The van der Waals surface area contributed by atoms with Crippen molar-refractivity contribution < 1.29 is 4.79 Å². The van der Waals surface area contributed by atoms with Crippen LogP contribution in [0, 0.1) is 12.8 Å². The summed E-state index contributed by atoms with van der Waals surface area (Å²) in [7, 11) is 1.90. The van der Waals surface area contributed by atoms with Crippen molar-refractivity contribution in [2.24, 2.45) is 5.92 Å². The van der Waals surface area contributed by atoms with Crippen LogP contribution in [0.2, 0.25) is 0 Å². The van der Waals surface area contributed by atoms with E-state index < -0.39 is 0 Å². The molecule has 4 nitrogen and oxygen atoms in total. The highest BCUT2D eigenvalue weighted by Crippen LogP contribution is 2.26. The molecule has 0 atom stereocenters. The number of anilines is 1. The summed E-state index contributed by atoms with van der Waals surface area (Å²) in [5.41, 5.74) is 6.53. The van der Waals surface area contributed by atoms with Crippen LogP contribution in [0.4, 0.5) is 5.13 Å². The van der Waals surface area contributed by atoms with E-state index in [0.717, 1.165) is 17.1 Å². The third kappa shape index (κ3) is 3.22. The molecular formula is C13H21N3OS. The summed E-state index contributed by atoms with van der Waals surface area (Å²) in [5.74, 6) is 0.875. The maximum atomic E-state index is 12.1. The molecule has 2 rings (SSSR count). The number of hydrogen-bond donors (Lipinski definition) is 1. The van der Waals surface area contributed by atoms with Gasteiger partial charge in [0.2, 0.25) is 5.91 Å². The fourth-order valence-corrected chi connectivity index (χ4v) is 3.39. The van der Waals surface area contributed by atoms with Crippen LogP contribution in [0.3, 0.4) is 0 Å². The molecule has 1 aliphatic carbocycles. The number of likely N-dealkylation sites (N-methyl/N-ethyl adjacent to an activating group) is 1. The Balaban J connectivity index is 1.88. The number of aryl methyl sites for hydroxylation is 1. The van der Waals surface area contributed by atoms with Crippen molar-refractivity contribution in [2.75, 3.05) is 19.3 Å². The molecule has 0 aromatic carbocycles. The first-order chi connectivity index (χ1) is 8.56. The third-order valence-electron chi connectivity index (χ3n) is 3.65. The highest BCUT2D eigenvalue weighted by molar-refractivity contribution is 7.15. The predicted octanol–water partition coefficient (Wildman–Crippen LogP) is 2.22. The van der Waals surface area contributed by atoms with Gasteiger partial charge in [0.15, 0.2) is 5.13 Å². The molecule has 0 radical (unpaired) electrons. The van der Waals surface area contributed by atoms with E-state index in [1.165, 1.54) is 37.0 Å². The zero-order chi connectivity index (χ0) is 13.1. The molecule has 5 heteroatoms. The molecule has 100 valence electrons. The summed E-state index contributed by atoms with van der Waals surface area (Å²) < 4.78 is 0. The van der Waals surface area contributed by atoms with Crippen molar-refractivity contribution in [1.82, 2.24) is 9.88 Å². The van der Waals surface area contributed by atoms with E-state index in [1.807, 2.05) is 18.9 Å². The van der Waals surface area contributed by atoms with E-state index in [1.54, 1.807) is 0 Å². The number of rotatable bonds is 4. The lowest BCUT2D eigenvalue weighted by molar-refractivity contribution is -0.129. The third-order valence-corrected chi connectivity index (χ3v) is 4.64. The summed E-state index contributed by atoms with van der Waals surface area (Å²) in [4.78, 5) is 19.1. The largest absolute Gasteiger partial charge is 0.375 e. The number of carbonyl (C=O) groups excluding carboxylic acids is 1. The number of nitrogens with two attached hydrogens (primary N) is 1. The van der Waals surface area contributed by atoms with Gasteiger partial charge in [-0.3, -0.25) is 4.79 Å². The van der Waals surface area contributed by atoms with Gasteiger partial charge in [-0.25, -0.2) is 4.98 Å². The first kappa shape index (κ1) is 13.3. The van der Waals surface area contributed by atoms with Crippen molar-refractivity contribution in [2.45, 2.75) is 39.0 Å². The average molecular weight is 267 g/mol. The summed E-state index contributed by atoms with van der Waals surface area (Å²) in [5, 5.41) is 0.550. The molecule has 0 aliphatic heterocycles. The summed E-state index contributed by atoms with van der Waals surface area (Å²) >= 11 is 1.42. The van der Waals surface area contributed by atoms with Gasteiger partial charge >= 0.3 is 0 Å². The van der Waals surface area contributed by atoms with Gasteiger partial charge in [-0.1, -0.05) is 12.8 Å². The first-order valence-corrected chi connectivity index (χ1v) is 7.33. The Hall–Kier alpha value is -1.10. The topological polar surface area (TPSA) is 59.2 Å². The van der Waals surface area contributed by atoms with Crippen LogP contribution >= 0.6 is 11.3 Å². The number of hydrogen-bond acceptors (Lipinski definition) is 4. The normalized spacial score (nSPS) is 16.1. The standard InChI is InChI=1S/C13H21N3OS/c1-9-11(18-13(14)15-9)7-12(17)16(2)8-10-5-3-4-6-10/h10H,3-8H2,1-2H3,(H2,14,15). The van der Waals surface area contributed by atoms with Crippen LogP contribution in [0.15, 0.2) is 0 Å². The molecule has 1 aliphatic rings. The highest BCUT2D eigenvalue weighted by Gasteiger charge is 2.20. The summed E-state index contributed by atoms with van der Waals surface area (Å²) in [6.45, 7) is 2.80. The number of amides is 1. The van der Waals surface area contributed by atoms with Gasteiger partial charge in [-0.15, -0.1) is 11.3 Å². The molecule has 1 fully saturated rings. The van der Waals surface area contributed by atoms with Gasteiger partial charge in [0.05, 0.1) is 12.1 Å². The molecule has 0 unspecified atom stereocenters. The van der Waals surface area contributed by atoms with E-state index in [-0.39, 0.29) is 5.91 Å². The van der Waals surface area contributed by atoms with Crippen molar-refractivity contribution in [3.8, 4) is 0 Å². The van der Waals surface area contributed by atoms with Gasteiger partial charge in [-0.05, 0) is 25.7 Å². The fourth-order valence-electron chi connectivity index (χ4n) is 2.57. The Morgan fingerprint density at radius 3 is 2.72 bits per heavy atom. The Bertz CT molecular complexity index is 424. The van der Waals surface area contributed by atoms with Crippen molar-refractivity contribution in [1.29, 1.82) is 0 Å². The lowest BCUT2D eigenvalue weighted by atomic mass is 10.1. The monoisotopic (exact) mass is 267 g/mol. The minimum absolute atomic E-state index is 0.175. The Kier molecular flexibility index (Phi) is 4.22. The summed E-state index contributed by atoms with van der Waals surface area (Å²) in [6.07, 6.45) is 5.60. The number of aromatic nitrogens is 1. The van der Waals surface area contributed by atoms with Gasteiger partial charge < -0.3 is 10.6 Å². The van der Waals surface area contributed by atoms with Gasteiger partial charge in [0.25, 0.3) is 0 Å². The molecular weight excluding hydrogens is 246 g/mol. The smallest absolute Gasteiger partial charge is 0.227 e. The molecule has 1 amide bonds. The van der Waals surface area contributed by atoms with E-state index in [0.29, 0.717) is 17.5 Å². The van der Waals surface area contributed by atoms with Crippen LogP contribution in [-0.4, -0.2) is 29.4 Å². The van der Waals surface area contributed by atoms with Crippen molar-refractivity contribution in [3.05, 3.63) is 10.6 Å². The predicted molar refractivity (Wildman–Crippen MR) is 74.6 cm³/mol. The van der Waals surface area contributed by atoms with E-state index in [2.05, 4.69) is 4.98 Å². The maximum absolute atomic E-state index is 12.1. The van der Waals surface area contributed by atoms with E-state index in [9.17, 15) is 4.79 Å². The summed E-state index contributed by atoms with van der Waals surface area (Å²) in [6, 6.07) is 0. The minimum Gasteiger partial charge on any atom is -0.375 e. The van der Waals surface area contributed by atoms with E-state index in [4.69, 9.17) is 5.73 Å². The SMILES string of the molecule is Cc1nc(N)sc1CC(=O)N(C)CC1CCCC1. The lowest BCUT2D eigenvalue weighted by Crippen LogP contribution is -2.32. The minimum atomic E-state index is 0.175. The quantitative estimate of drug-likeness (QED) is 0.910. The molecule has 0 spiro atoms. The zero-order valence-electron chi connectivity index (χ0n) is 11.1. The van der Waals surface area contributed by atoms with Crippen molar-refractivity contribution in [3.63, 3.8) is 0 Å². The number of carbonyl (C=O) groups is 1. The average Bonchev–Trinajstić information content (AvgIpc) is 2.89. The molecule has 1 aromatic heterocycles. The van der Waals surface area contributed by atoms with Crippen LogP contribution in [0.1, 0.15) is 36.3 Å². The van der Waals surface area contributed by atoms with Gasteiger partial charge in [0, 0.05) is 18.5 Å². The Morgan fingerprint density at radius 2 is 2.17 bits per heavy atom. The highest BCUT2D eigenvalue weighted by atomic mass is 32.1. The zero-order valence-corrected chi connectivity index (χ0v) is 11.9. The van der Waals surface area contributed by atoms with E-state index >= 15 is 0 Å². The number of nitrogen functional groups attached to an aromatic ring is 1. The van der Waals surface area contributed by atoms with Crippen LogP contribution in [-0.2, 0) is 11.2 Å². The fraction of sp³-hybridized carbons (Fsp3) is 0.692. The molecule has 0 saturated heterocycles. The molecule has 0 bridgehead atoms. The number of thiazole rings is 1. The second kappa shape index (κ2) is 5.69. The molecule has 18 heavy (non-hydrogen) atoms. The van der Waals surface area contributed by atoms with Crippen LogP contribution < -0.4 is 5.73 Å². The van der Waals surface area contributed by atoms with Gasteiger partial charge in [0.1, 0.15) is 0 Å². The molecule has 1 saturated carbocycles. The Labute approximate surface area is 112 Å².